The lowest BCUT2D eigenvalue weighted by molar-refractivity contribution is 0.0953. The van der Waals surface area contributed by atoms with Gasteiger partial charge in [-0.25, -0.2) is 0 Å². The number of nitrogens with one attached hydrogen (secondary N) is 2. The van der Waals surface area contributed by atoms with Gasteiger partial charge in [-0.1, -0.05) is 24.3 Å². The van der Waals surface area contributed by atoms with E-state index >= 15 is 0 Å². The average molecular weight is 296 g/mol. The largest absolute Gasteiger partial charge is 0.360 e. The Kier molecular flexibility index (Phi) is 5.29. The molecule has 0 aliphatic carbocycles. The van der Waals surface area contributed by atoms with Crippen molar-refractivity contribution in [3.63, 3.8) is 0 Å². The summed E-state index contributed by atoms with van der Waals surface area (Å²) < 4.78 is 0. The third-order valence-electron chi connectivity index (χ3n) is 2.38. The Hall–Kier alpha value is -1.47. The van der Waals surface area contributed by atoms with Crippen molar-refractivity contribution in [2.75, 3.05) is 18.4 Å². The fraction of sp³-hybridized carbons (Fsp3) is 0.417. The van der Waals surface area contributed by atoms with Crippen molar-refractivity contribution in [2.45, 2.75) is 19.8 Å². The molecule has 1 amide bonds. The van der Waals surface area contributed by atoms with E-state index in [1.54, 1.807) is 11.3 Å². The molecule has 0 saturated heterocycles. The highest BCUT2D eigenvalue weighted by Gasteiger charge is 2.11. The molecule has 5 nitrogen and oxygen atoms in total. The number of carbonyl (C=O) groups excluding carboxylic acids is 1. The van der Waals surface area contributed by atoms with E-state index in [4.69, 9.17) is 0 Å². The zero-order valence-corrected chi connectivity index (χ0v) is 12.3. The molecule has 19 heavy (non-hydrogen) atoms. The van der Waals surface area contributed by atoms with Crippen molar-refractivity contribution < 1.29 is 4.79 Å². The van der Waals surface area contributed by atoms with Gasteiger partial charge < -0.3 is 10.6 Å². The molecular weight excluding hydrogens is 280 g/mol. The molecule has 2 aromatic heterocycles. The maximum Gasteiger partial charge on any atom is 0.282 e. The van der Waals surface area contributed by atoms with Crippen LogP contribution in [0.15, 0.2) is 17.5 Å². The van der Waals surface area contributed by atoms with Crippen LogP contribution in [-0.4, -0.2) is 29.2 Å². The summed E-state index contributed by atoms with van der Waals surface area (Å²) in [6.07, 6.45) is 1.87. The van der Waals surface area contributed by atoms with Gasteiger partial charge in [-0.3, -0.25) is 4.79 Å². The van der Waals surface area contributed by atoms with Crippen LogP contribution in [0.25, 0.3) is 0 Å². The number of anilines is 1. The van der Waals surface area contributed by atoms with E-state index in [2.05, 4.69) is 33.8 Å². The fourth-order valence-electron chi connectivity index (χ4n) is 1.45. The second kappa shape index (κ2) is 7.20. The lowest BCUT2D eigenvalue weighted by atomic mass is 10.3. The van der Waals surface area contributed by atoms with Gasteiger partial charge in [-0.2, -0.15) is 0 Å². The Labute approximate surface area is 120 Å². The molecule has 0 spiro atoms. The quantitative estimate of drug-likeness (QED) is 0.823. The molecule has 0 radical (unpaired) electrons. The monoisotopic (exact) mass is 296 g/mol. The molecule has 102 valence electrons. The molecular formula is C12H16N4OS2. The number of rotatable bonds is 7. The first-order chi connectivity index (χ1) is 9.29. The second-order valence-corrected chi connectivity index (χ2v) is 5.93. The van der Waals surface area contributed by atoms with Crippen molar-refractivity contribution in [1.82, 2.24) is 15.5 Å². The molecule has 2 aromatic rings. The topological polar surface area (TPSA) is 66.9 Å². The van der Waals surface area contributed by atoms with Gasteiger partial charge in [0.15, 0.2) is 0 Å². The van der Waals surface area contributed by atoms with Gasteiger partial charge in [0.25, 0.3) is 5.91 Å². The Morgan fingerprint density at radius 3 is 3.00 bits per heavy atom. The third-order valence-corrected chi connectivity index (χ3v) is 4.20. The highest BCUT2D eigenvalue weighted by Crippen LogP contribution is 2.15. The van der Waals surface area contributed by atoms with Crippen LogP contribution in [0.4, 0.5) is 5.13 Å². The number of carbonyl (C=O) groups is 1. The van der Waals surface area contributed by atoms with Gasteiger partial charge in [0, 0.05) is 18.0 Å². The number of nitrogens with zero attached hydrogens (tertiary/aromatic N) is 2. The summed E-state index contributed by atoms with van der Waals surface area (Å²) in [5, 5.41) is 16.9. The Bertz CT molecular complexity index is 510. The van der Waals surface area contributed by atoms with Crippen LogP contribution in [-0.2, 0) is 6.42 Å². The maximum atomic E-state index is 11.8. The average Bonchev–Trinajstić information content (AvgIpc) is 3.07. The van der Waals surface area contributed by atoms with Gasteiger partial charge in [0.1, 0.15) is 0 Å². The summed E-state index contributed by atoms with van der Waals surface area (Å²) in [5.41, 5.74) is 0. The number of amides is 1. The predicted molar refractivity (Wildman–Crippen MR) is 79.0 cm³/mol. The first-order valence-electron chi connectivity index (χ1n) is 6.17. The van der Waals surface area contributed by atoms with Crippen molar-refractivity contribution >= 4 is 33.7 Å². The highest BCUT2D eigenvalue weighted by atomic mass is 32.1. The van der Waals surface area contributed by atoms with Crippen LogP contribution >= 0.6 is 22.7 Å². The minimum atomic E-state index is -0.154. The third kappa shape index (κ3) is 4.29. The Morgan fingerprint density at radius 1 is 1.37 bits per heavy atom. The summed E-state index contributed by atoms with van der Waals surface area (Å²) in [7, 11) is 0. The molecule has 0 saturated carbocycles. The normalized spacial score (nSPS) is 10.4. The van der Waals surface area contributed by atoms with Gasteiger partial charge in [-0.15, -0.1) is 21.5 Å². The number of hydrogen-bond donors (Lipinski definition) is 2. The molecule has 0 aliphatic rings. The molecule has 0 aliphatic heterocycles. The molecule has 0 bridgehead atoms. The zero-order valence-electron chi connectivity index (χ0n) is 10.7. The fourth-order valence-corrected chi connectivity index (χ4v) is 2.84. The summed E-state index contributed by atoms with van der Waals surface area (Å²) in [6, 6.07) is 4.08. The van der Waals surface area contributed by atoms with Crippen LogP contribution in [0.5, 0.6) is 0 Å². The molecule has 0 unspecified atom stereocenters. The van der Waals surface area contributed by atoms with E-state index in [-0.39, 0.29) is 5.91 Å². The van der Waals surface area contributed by atoms with Crippen LogP contribution in [0.2, 0.25) is 0 Å². The minimum Gasteiger partial charge on any atom is -0.360 e. The smallest absolute Gasteiger partial charge is 0.282 e. The van der Waals surface area contributed by atoms with Crippen molar-refractivity contribution in [3.8, 4) is 0 Å². The van der Waals surface area contributed by atoms with Crippen molar-refractivity contribution in [1.29, 1.82) is 0 Å². The van der Waals surface area contributed by atoms with Gasteiger partial charge in [0.2, 0.25) is 10.1 Å². The van der Waals surface area contributed by atoms with Crippen LogP contribution < -0.4 is 10.6 Å². The number of thiophene rings is 1. The molecule has 2 heterocycles. The van der Waals surface area contributed by atoms with Crippen LogP contribution in [0.3, 0.4) is 0 Å². The van der Waals surface area contributed by atoms with Gasteiger partial charge >= 0.3 is 0 Å². The molecule has 0 atom stereocenters. The lowest BCUT2D eigenvalue weighted by Crippen LogP contribution is -2.25. The first kappa shape index (κ1) is 14.0. The van der Waals surface area contributed by atoms with Crippen LogP contribution in [0, 0.1) is 0 Å². The van der Waals surface area contributed by atoms with Crippen molar-refractivity contribution in [2.24, 2.45) is 0 Å². The van der Waals surface area contributed by atoms with E-state index in [1.165, 1.54) is 16.2 Å². The van der Waals surface area contributed by atoms with E-state index < -0.39 is 0 Å². The van der Waals surface area contributed by atoms with Gasteiger partial charge in [-0.05, 0) is 24.3 Å². The van der Waals surface area contributed by atoms with E-state index in [9.17, 15) is 4.79 Å². The first-order valence-corrected chi connectivity index (χ1v) is 7.87. The Morgan fingerprint density at radius 2 is 2.26 bits per heavy atom. The lowest BCUT2D eigenvalue weighted by Gasteiger charge is -2.00. The molecule has 0 aromatic carbocycles. The van der Waals surface area contributed by atoms with Crippen LogP contribution in [0.1, 0.15) is 28.0 Å². The second-order valence-electron chi connectivity index (χ2n) is 3.92. The highest BCUT2D eigenvalue weighted by molar-refractivity contribution is 7.17. The standard InChI is InChI=1S/C12H16N4OS2/c1-2-6-14-12-16-15-11(19-12)10(17)13-7-5-9-4-3-8-18-9/h3-4,8H,2,5-7H2,1H3,(H,13,17)(H,14,16). The Balaban J connectivity index is 1.77. The summed E-state index contributed by atoms with van der Waals surface area (Å²) in [5.74, 6) is -0.154. The number of aromatic nitrogens is 2. The maximum absolute atomic E-state index is 11.8. The van der Waals surface area contributed by atoms with E-state index in [0.717, 1.165) is 19.4 Å². The molecule has 7 heteroatoms. The number of hydrogen-bond acceptors (Lipinski definition) is 6. The molecule has 0 fully saturated rings. The summed E-state index contributed by atoms with van der Waals surface area (Å²) in [6.45, 7) is 3.54. The van der Waals surface area contributed by atoms with Crippen molar-refractivity contribution in [3.05, 3.63) is 27.4 Å². The summed E-state index contributed by atoms with van der Waals surface area (Å²) >= 11 is 2.98. The van der Waals surface area contributed by atoms with Gasteiger partial charge in [0.05, 0.1) is 0 Å². The van der Waals surface area contributed by atoms with E-state index in [0.29, 0.717) is 16.7 Å². The predicted octanol–water partition coefficient (Wildman–Crippen LogP) is 2.39. The minimum absolute atomic E-state index is 0.154. The molecule has 2 N–H and O–H groups in total. The van der Waals surface area contributed by atoms with E-state index in [1.807, 2.05) is 11.4 Å². The summed E-state index contributed by atoms with van der Waals surface area (Å²) in [4.78, 5) is 13.1. The molecule has 2 rings (SSSR count). The zero-order chi connectivity index (χ0) is 13.5. The SMILES string of the molecule is CCCNc1nnc(C(=O)NCCc2cccs2)s1.